The lowest BCUT2D eigenvalue weighted by Gasteiger charge is -2.21. The molecule has 1 aliphatic heterocycles. The number of ether oxygens (including phenoxy) is 2. The summed E-state index contributed by atoms with van der Waals surface area (Å²) in [4.78, 5) is 36.5. The highest BCUT2D eigenvalue weighted by Crippen LogP contribution is 2.32. The third-order valence-corrected chi connectivity index (χ3v) is 5.54. The van der Waals surface area contributed by atoms with Crippen LogP contribution in [0.2, 0.25) is 0 Å². The number of nitrogens with one attached hydrogen (secondary N) is 1. The molecule has 34 heavy (non-hydrogen) atoms. The molecular formula is C26H26N4O4. The van der Waals surface area contributed by atoms with Crippen LogP contribution in [-0.2, 0) is 16.1 Å². The van der Waals surface area contributed by atoms with E-state index in [9.17, 15) is 9.59 Å². The lowest BCUT2D eigenvalue weighted by Crippen LogP contribution is -2.41. The number of aliphatic imine (C=N–C) groups is 1. The summed E-state index contributed by atoms with van der Waals surface area (Å²) in [5.41, 5.74) is 3.94. The molecule has 8 nitrogen and oxygen atoms in total. The van der Waals surface area contributed by atoms with Crippen molar-refractivity contribution in [1.29, 1.82) is 0 Å². The molecule has 0 radical (unpaired) electrons. The summed E-state index contributed by atoms with van der Waals surface area (Å²) >= 11 is 0. The molecule has 0 saturated heterocycles. The van der Waals surface area contributed by atoms with E-state index >= 15 is 0 Å². The Kier molecular flexibility index (Phi) is 6.87. The predicted molar refractivity (Wildman–Crippen MR) is 130 cm³/mol. The normalized spacial score (nSPS) is 13.0. The summed E-state index contributed by atoms with van der Waals surface area (Å²) < 4.78 is 10.7. The number of anilines is 1. The van der Waals surface area contributed by atoms with Crippen molar-refractivity contribution in [3.05, 3.63) is 77.5 Å². The molecule has 4 rings (SSSR count). The van der Waals surface area contributed by atoms with Crippen molar-refractivity contribution in [3.8, 4) is 11.5 Å². The van der Waals surface area contributed by atoms with Crippen molar-refractivity contribution in [2.45, 2.75) is 19.9 Å². The summed E-state index contributed by atoms with van der Waals surface area (Å²) in [5.74, 6) is 0.929. The molecule has 1 aliphatic rings. The monoisotopic (exact) mass is 458 g/mol. The van der Waals surface area contributed by atoms with Gasteiger partial charge in [0.05, 0.1) is 26.4 Å². The molecular weight excluding hydrogens is 432 g/mol. The zero-order valence-electron chi connectivity index (χ0n) is 19.4. The highest BCUT2D eigenvalue weighted by atomic mass is 16.5. The van der Waals surface area contributed by atoms with Crippen molar-refractivity contribution in [2.75, 3.05) is 25.7 Å². The number of benzene rings is 2. The molecule has 0 unspecified atom stereocenters. The van der Waals surface area contributed by atoms with Gasteiger partial charge in [-0.15, -0.1) is 0 Å². The van der Waals surface area contributed by atoms with Gasteiger partial charge in [0.15, 0.2) is 17.3 Å². The van der Waals surface area contributed by atoms with E-state index in [-0.39, 0.29) is 31.3 Å². The minimum atomic E-state index is -0.325. The third-order valence-electron chi connectivity index (χ3n) is 5.54. The quantitative estimate of drug-likeness (QED) is 0.584. The number of amides is 2. The molecule has 2 heterocycles. The molecule has 0 atom stereocenters. The van der Waals surface area contributed by atoms with Crippen LogP contribution in [0.15, 0.2) is 65.8 Å². The van der Waals surface area contributed by atoms with Crippen molar-refractivity contribution < 1.29 is 19.1 Å². The molecule has 0 spiro atoms. The van der Waals surface area contributed by atoms with E-state index in [1.165, 1.54) is 4.90 Å². The first-order valence-electron chi connectivity index (χ1n) is 10.9. The minimum Gasteiger partial charge on any atom is -0.493 e. The molecule has 0 fully saturated rings. The van der Waals surface area contributed by atoms with Crippen molar-refractivity contribution in [3.63, 3.8) is 0 Å². The maximum absolute atomic E-state index is 13.2. The van der Waals surface area contributed by atoms with E-state index < -0.39 is 0 Å². The van der Waals surface area contributed by atoms with Crippen LogP contribution in [0.1, 0.15) is 23.1 Å². The first-order chi connectivity index (χ1) is 16.5. The Bertz CT molecular complexity index is 1240. The number of rotatable bonds is 7. The Morgan fingerprint density at radius 1 is 1.06 bits per heavy atom. The number of aryl methyl sites for hydroxylation is 1. The molecule has 3 aromatic rings. The molecule has 2 aromatic carbocycles. The van der Waals surface area contributed by atoms with E-state index in [1.807, 2.05) is 43.3 Å². The van der Waals surface area contributed by atoms with Gasteiger partial charge in [-0.05, 0) is 30.7 Å². The van der Waals surface area contributed by atoms with Gasteiger partial charge in [0.1, 0.15) is 12.2 Å². The summed E-state index contributed by atoms with van der Waals surface area (Å²) in [5, 5.41) is 2.86. The summed E-state index contributed by atoms with van der Waals surface area (Å²) in [6, 6.07) is 16.9. The fourth-order valence-corrected chi connectivity index (χ4v) is 3.79. The minimum absolute atomic E-state index is 0.0659. The highest BCUT2D eigenvalue weighted by molar-refractivity contribution is 6.18. The van der Waals surface area contributed by atoms with Gasteiger partial charge in [0.2, 0.25) is 11.8 Å². The van der Waals surface area contributed by atoms with Gasteiger partial charge < -0.3 is 14.8 Å². The Labute approximate surface area is 198 Å². The summed E-state index contributed by atoms with van der Waals surface area (Å²) in [6.07, 6.45) is 1.65. The van der Waals surface area contributed by atoms with Gasteiger partial charge >= 0.3 is 0 Å². The van der Waals surface area contributed by atoms with Gasteiger partial charge in [-0.25, -0.2) is 9.98 Å². The number of carbonyl (C=O) groups is 2. The van der Waals surface area contributed by atoms with Gasteiger partial charge in [-0.1, -0.05) is 42.0 Å². The Hall–Kier alpha value is -4.20. The molecule has 0 bridgehead atoms. The van der Waals surface area contributed by atoms with E-state index in [0.29, 0.717) is 28.7 Å². The topological polar surface area (TPSA) is 93.1 Å². The zero-order chi connectivity index (χ0) is 24.1. The Morgan fingerprint density at radius 3 is 2.59 bits per heavy atom. The second-order valence-corrected chi connectivity index (χ2v) is 7.86. The number of para-hydroxylation sites is 1. The van der Waals surface area contributed by atoms with Gasteiger partial charge in [-0.3, -0.25) is 14.5 Å². The van der Waals surface area contributed by atoms with Crippen molar-refractivity contribution >= 4 is 29.0 Å². The third kappa shape index (κ3) is 4.91. The van der Waals surface area contributed by atoms with Gasteiger partial charge in [-0.2, -0.15) is 0 Å². The molecule has 2 amide bonds. The van der Waals surface area contributed by atoms with Gasteiger partial charge in [0, 0.05) is 18.3 Å². The standard InChI is InChI=1S/C26H26N4O4/c1-17-9-11-18(12-10-17)21-14-24(32)30(26-20(29-21)7-5-13-27-26)16-23(31)28-15-19-6-4-8-22(33-2)25(19)34-3/h4-13H,14-16H2,1-3H3,(H,28,31). The molecule has 8 heteroatoms. The van der Waals surface area contributed by atoms with E-state index in [2.05, 4.69) is 10.3 Å². The number of carbonyl (C=O) groups excluding carboxylic acids is 2. The first kappa shape index (κ1) is 23.0. The lowest BCUT2D eigenvalue weighted by molar-refractivity contribution is -0.123. The number of nitrogens with zero attached hydrogens (tertiary/aromatic N) is 3. The van der Waals surface area contributed by atoms with Crippen molar-refractivity contribution in [2.24, 2.45) is 4.99 Å². The van der Waals surface area contributed by atoms with Crippen LogP contribution < -0.4 is 19.7 Å². The van der Waals surface area contributed by atoms with Crippen molar-refractivity contribution in [1.82, 2.24) is 10.3 Å². The average Bonchev–Trinajstić information content (AvgIpc) is 2.99. The second kappa shape index (κ2) is 10.2. The van der Waals surface area contributed by atoms with E-state index in [4.69, 9.17) is 14.5 Å². The molecule has 0 aliphatic carbocycles. The smallest absolute Gasteiger partial charge is 0.240 e. The van der Waals surface area contributed by atoms with Crippen LogP contribution >= 0.6 is 0 Å². The first-order valence-corrected chi connectivity index (χ1v) is 10.9. The second-order valence-electron chi connectivity index (χ2n) is 7.86. The van der Waals surface area contributed by atoms with E-state index in [1.54, 1.807) is 38.6 Å². The van der Waals surface area contributed by atoms with Gasteiger partial charge in [0.25, 0.3) is 0 Å². The van der Waals surface area contributed by atoms with Crippen LogP contribution in [0.25, 0.3) is 0 Å². The number of pyridine rings is 1. The number of hydrogen-bond donors (Lipinski definition) is 1. The van der Waals surface area contributed by atoms with Crippen LogP contribution in [0.3, 0.4) is 0 Å². The lowest BCUT2D eigenvalue weighted by atomic mass is 10.1. The van der Waals surface area contributed by atoms with Crippen LogP contribution in [0.5, 0.6) is 11.5 Å². The number of methoxy groups -OCH3 is 2. The maximum atomic E-state index is 13.2. The van der Waals surface area contributed by atoms with Crippen LogP contribution in [0.4, 0.5) is 11.5 Å². The fourth-order valence-electron chi connectivity index (χ4n) is 3.79. The van der Waals surface area contributed by atoms with Crippen LogP contribution in [0, 0.1) is 6.92 Å². The molecule has 0 saturated carbocycles. The molecule has 1 aromatic heterocycles. The largest absolute Gasteiger partial charge is 0.493 e. The maximum Gasteiger partial charge on any atom is 0.240 e. The van der Waals surface area contributed by atoms with Crippen LogP contribution in [-0.4, -0.2) is 43.3 Å². The predicted octanol–water partition coefficient (Wildman–Crippen LogP) is 3.58. The number of fused-ring (bicyclic) bond motifs is 1. The fraction of sp³-hybridized carbons (Fsp3) is 0.231. The highest BCUT2D eigenvalue weighted by Gasteiger charge is 2.27. The molecule has 1 N–H and O–H groups in total. The molecule has 174 valence electrons. The average molecular weight is 459 g/mol. The number of aromatic nitrogens is 1. The summed E-state index contributed by atoms with van der Waals surface area (Å²) in [6.45, 7) is 2.05. The van der Waals surface area contributed by atoms with E-state index in [0.717, 1.165) is 16.7 Å². The Balaban J connectivity index is 1.53. The SMILES string of the molecule is COc1cccc(CNC(=O)CN2C(=O)CC(c3ccc(C)cc3)=Nc3cccnc32)c1OC. The summed E-state index contributed by atoms with van der Waals surface area (Å²) in [7, 11) is 3.11. The Morgan fingerprint density at radius 2 is 1.85 bits per heavy atom. The number of hydrogen-bond acceptors (Lipinski definition) is 6. The zero-order valence-corrected chi connectivity index (χ0v) is 19.4.